The number of nitrogens with zero attached hydrogens (tertiary/aromatic N) is 2. The number of cyclic esters (lactones) is 1. The van der Waals surface area contributed by atoms with Gasteiger partial charge in [0.25, 0.3) is 5.91 Å². The average Bonchev–Trinajstić information content (AvgIpc) is 3.57. The monoisotopic (exact) mass is 432 g/mol. The Morgan fingerprint density at radius 3 is 2.69 bits per heavy atom. The van der Waals surface area contributed by atoms with Gasteiger partial charge in [-0.3, -0.25) is 9.69 Å². The molecule has 3 fully saturated rings. The van der Waals surface area contributed by atoms with Crippen molar-refractivity contribution in [2.75, 3.05) is 31.6 Å². The predicted octanol–water partition coefficient (Wildman–Crippen LogP) is 3.69. The zero-order valence-corrected chi connectivity index (χ0v) is 18.1. The fourth-order valence-corrected chi connectivity index (χ4v) is 5.76. The molecule has 1 aliphatic carbocycles. The number of fused-ring (bicyclic) bond motifs is 2. The van der Waals surface area contributed by atoms with Crippen LogP contribution in [-0.4, -0.2) is 53.0 Å². The minimum Gasteiger partial charge on any atom is -0.448 e. The highest BCUT2D eigenvalue weighted by Gasteiger charge is 2.36. The van der Waals surface area contributed by atoms with Crippen LogP contribution in [-0.2, 0) is 22.6 Å². The number of aromatic nitrogens is 1. The largest absolute Gasteiger partial charge is 0.448 e. The zero-order valence-electron chi connectivity index (χ0n) is 18.1. The standard InChI is InChI=1S/C25H28N4O3/c30-24-22(21-10-16(4-7-23(21)27-24)12-29-8-9-32-25(29)31)11-19-5-6-20(26-19)15-28-13-17-2-1-3-18(17)14-28/h4-7,10-11,17-18,26H,1-3,8-9,12-15H2,(H,27,30)/t17-,18+. The number of likely N-dealkylation sites (tertiary alicyclic amines) is 1. The number of ether oxygens (including phenoxy) is 1. The lowest BCUT2D eigenvalue weighted by Gasteiger charge is -2.15. The smallest absolute Gasteiger partial charge is 0.410 e. The molecule has 1 saturated carbocycles. The van der Waals surface area contributed by atoms with Gasteiger partial charge in [-0.1, -0.05) is 12.5 Å². The van der Waals surface area contributed by atoms with Gasteiger partial charge in [0.15, 0.2) is 0 Å². The van der Waals surface area contributed by atoms with Crippen LogP contribution < -0.4 is 5.32 Å². The van der Waals surface area contributed by atoms with Crippen molar-refractivity contribution in [1.29, 1.82) is 0 Å². The van der Waals surface area contributed by atoms with Crippen molar-refractivity contribution >= 4 is 29.3 Å². The van der Waals surface area contributed by atoms with Crippen LogP contribution in [0.2, 0.25) is 0 Å². The third-order valence-corrected chi connectivity index (χ3v) is 7.35. The van der Waals surface area contributed by atoms with E-state index < -0.39 is 0 Å². The lowest BCUT2D eigenvalue weighted by Crippen LogP contribution is -2.23. The second-order valence-electron chi connectivity index (χ2n) is 9.51. The Morgan fingerprint density at radius 1 is 1.06 bits per heavy atom. The lowest BCUT2D eigenvalue weighted by molar-refractivity contribution is -0.110. The second-order valence-corrected chi connectivity index (χ2v) is 9.51. The molecule has 3 aliphatic heterocycles. The van der Waals surface area contributed by atoms with Gasteiger partial charge in [-0.2, -0.15) is 0 Å². The van der Waals surface area contributed by atoms with Gasteiger partial charge < -0.3 is 19.9 Å². The lowest BCUT2D eigenvalue weighted by atomic mass is 10.0. The Hall–Kier alpha value is -3.06. The highest BCUT2D eigenvalue weighted by molar-refractivity contribution is 6.34. The van der Waals surface area contributed by atoms with Crippen molar-refractivity contribution in [1.82, 2.24) is 14.8 Å². The first-order valence-corrected chi connectivity index (χ1v) is 11.6. The molecule has 4 aliphatic rings. The van der Waals surface area contributed by atoms with Crippen LogP contribution in [0, 0.1) is 11.8 Å². The van der Waals surface area contributed by atoms with Crippen LogP contribution in [0.3, 0.4) is 0 Å². The summed E-state index contributed by atoms with van der Waals surface area (Å²) in [7, 11) is 0. The maximum Gasteiger partial charge on any atom is 0.410 e. The first kappa shape index (κ1) is 19.6. The molecule has 2 amide bonds. The Morgan fingerprint density at radius 2 is 1.91 bits per heavy atom. The van der Waals surface area contributed by atoms with E-state index in [4.69, 9.17) is 4.74 Å². The number of nitrogens with one attached hydrogen (secondary N) is 2. The number of H-pyrrole nitrogens is 1. The third kappa shape index (κ3) is 3.60. The maximum absolute atomic E-state index is 12.7. The summed E-state index contributed by atoms with van der Waals surface area (Å²) in [6, 6.07) is 10.0. The van der Waals surface area contributed by atoms with Gasteiger partial charge in [-0.05, 0) is 60.6 Å². The average molecular weight is 433 g/mol. The van der Waals surface area contributed by atoms with E-state index in [9.17, 15) is 9.59 Å². The normalized spacial score (nSPS) is 26.0. The van der Waals surface area contributed by atoms with E-state index in [0.717, 1.165) is 40.9 Å². The Bertz CT molecular complexity index is 1090. The molecule has 2 atom stereocenters. The number of aromatic amines is 1. The molecule has 1 aromatic heterocycles. The van der Waals surface area contributed by atoms with Gasteiger partial charge in [0.1, 0.15) is 6.61 Å². The van der Waals surface area contributed by atoms with Gasteiger partial charge in [0.05, 0.1) is 12.1 Å². The van der Waals surface area contributed by atoms with Crippen LogP contribution in [0.25, 0.3) is 11.6 Å². The maximum atomic E-state index is 12.7. The summed E-state index contributed by atoms with van der Waals surface area (Å²) in [4.78, 5) is 32.2. The number of carbonyl (C=O) groups excluding carboxylic acids is 2. The van der Waals surface area contributed by atoms with Gasteiger partial charge in [-0.15, -0.1) is 0 Å². The van der Waals surface area contributed by atoms with Gasteiger partial charge in [0, 0.05) is 48.8 Å². The molecule has 0 bridgehead atoms. The van der Waals surface area contributed by atoms with Gasteiger partial charge in [0.2, 0.25) is 0 Å². The van der Waals surface area contributed by atoms with Crippen LogP contribution in [0.15, 0.2) is 30.3 Å². The molecule has 1 aromatic carbocycles. The van der Waals surface area contributed by atoms with E-state index in [1.165, 1.54) is 38.0 Å². The van der Waals surface area contributed by atoms with Gasteiger partial charge in [-0.25, -0.2) is 4.79 Å². The minimum absolute atomic E-state index is 0.0961. The van der Waals surface area contributed by atoms with Crippen LogP contribution in [0.5, 0.6) is 0 Å². The predicted molar refractivity (Wildman–Crippen MR) is 122 cm³/mol. The number of rotatable bonds is 5. The van der Waals surface area contributed by atoms with Crippen molar-refractivity contribution < 1.29 is 14.3 Å². The van der Waals surface area contributed by atoms with E-state index in [0.29, 0.717) is 25.3 Å². The Kier molecular flexibility index (Phi) is 4.79. The van der Waals surface area contributed by atoms with Crippen molar-refractivity contribution in [3.8, 4) is 0 Å². The fraction of sp³-hybridized carbons (Fsp3) is 0.440. The fourth-order valence-electron chi connectivity index (χ4n) is 5.76. The Labute approximate surface area is 187 Å². The molecule has 0 radical (unpaired) electrons. The van der Waals surface area contributed by atoms with Crippen molar-refractivity contribution in [3.05, 3.63) is 52.8 Å². The van der Waals surface area contributed by atoms with Crippen molar-refractivity contribution in [2.45, 2.75) is 32.4 Å². The molecule has 6 rings (SSSR count). The highest BCUT2D eigenvalue weighted by Crippen LogP contribution is 2.38. The van der Waals surface area contributed by atoms with E-state index in [2.05, 4.69) is 27.3 Å². The summed E-state index contributed by atoms with van der Waals surface area (Å²) in [6.45, 7) is 4.88. The van der Waals surface area contributed by atoms with Crippen molar-refractivity contribution in [2.24, 2.45) is 11.8 Å². The molecule has 4 heterocycles. The molecule has 7 nitrogen and oxygen atoms in total. The molecule has 32 heavy (non-hydrogen) atoms. The summed E-state index contributed by atoms with van der Waals surface area (Å²) in [5, 5.41) is 2.95. The summed E-state index contributed by atoms with van der Waals surface area (Å²) >= 11 is 0. The molecule has 2 saturated heterocycles. The summed E-state index contributed by atoms with van der Waals surface area (Å²) in [6.07, 6.45) is 5.82. The number of amides is 2. The number of hydrogen-bond donors (Lipinski definition) is 2. The molecule has 2 aromatic rings. The number of hydrogen-bond acceptors (Lipinski definition) is 4. The van der Waals surface area contributed by atoms with Crippen LogP contribution in [0.4, 0.5) is 10.5 Å². The first-order chi connectivity index (χ1) is 15.6. The summed E-state index contributed by atoms with van der Waals surface area (Å²) < 4.78 is 5.02. The van der Waals surface area contributed by atoms with Crippen LogP contribution in [0.1, 0.15) is 41.8 Å². The van der Waals surface area contributed by atoms with Gasteiger partial charge >= 0.3 is 6.09 Å². The molecule has 7 heteroatoms. The van der Waals surface area contributed by atoms with E-state index in [1.807, 2.05) is 24.3 Å². The number of benzene rings is 1. The van der Waals surface area contributed by atoms with E-state index in [1.54, 1.807) is 4.90 Å². The summed E-state index contributed by atoms with van der Waals surface area (Å²) in [5.41, 5.74) is 5.45. The van der Waals surface area contributed by atoms with Crippen molar-refractivity contribution in [3.63, 3.8) is 0 Å². The van der Waals surface area contributed by atoms with Crippen LogP contribution >= 0.6 is 0 Å². The second kappa shape index (κ2) is 7.81. The summed E-state index contributed by atoms with van der Waals surface area (Å²) in [5.74, 6) is 1.69. The minimum atomic E-state index is -0.281. The Balaban J connectivity index is 1.19. The molecule has 166 valence electrons. The molecule has 0 unspecified atom stereocenters. The molecule has 2 N–H and O–H groups in total. The molecular weight excluding hydrogens is 404 g/mol. The van der Waals surface area contributed by atoms with E-state index >= 15 is 0 Å². The molecule has 0 spiro atoms. The number of carbonyl (C=O) groups is 2. The number of anilines is 1. The first-order valence-electron chi connectivity index (χ1n) is 11.6. The highest BCUT2D eigenvalue weighted by atomic mass is 16.6. The zero-order chi connectivity index (χ0) is 21.7. The third-order valence-electron chi connectivity index (χ3n) is 7.35. The quantitative estimate of drug-likeness (QED) is 0.707. The van der Waals surface area contributed by atoms with E-state index in [-0.39, 0.29) is 12.0 Å². The topological polar surface area (TPSA) is 77.7 Å². The SMILES string of the molecule is O=C1Nc2ccc(CN3CCOC3=O)cc2C1=Cc1ccc(CN2C[C@H]3CCC[C@H]3C2)[nH]1. The molecular formula is C25H28N4O3.